The van der Waals surface area contributed by atoms with Crippen molar-refractivity contribution in [2.45, 2.75) is 64.3 Å². The summed E-state index contributed by atoms with van der Waals surface area (Å²) in [5.74, 6) is 0.539. The van der Waals surface area contributed by atoms with E-state index in [2.05, 4.69) is 15.7 Å². The van der Waals surface area contributed by atoms with E-state index in [0.29, 0.717) is 29.3 Å². The Morgan fingerprint density at radius 2 is 1.97 bits per heavy atom. The minimum absolute atomic E-state index is 0.0276. The lowest BCUT2D eigenvalue weighted by molar-refractivity contribution is -0.116. The van der Waals surface area contributed by atoms with E-state index in [4.69, 9.17) is 0 Å². The summed E-state index contributed by atoms with van der Waals surface area (Å²) in [5, 5.41) is 20.8. The molecular weight excluding hydrogens is 368 g/mol. The second-order valence-corrected chi connectivity index (χ2v) is 8.60. The molecule has 154 valence electrons. The van der Waals surface area contributed by atoms with Crippen molar-refractivity contribution >= 4 is 17.6 Å². The summed E-state index contributed by atoms with van der Waals surface area (Å²) < 4.78 is 1.47. The minimum atomic E-state index is -0.197. The van der Waals surface area contributed by atoms with Gasteiger partial charge in [0.05, 0.1) is 11.4 Å². The molecule has 29 heavy (non-hydrogen) atoms. The first-order chi connectivity index (χ1) is 13.9. The SMILES string of the molecule is CC(C)CC(=O)Nc1ccc(-c2cc(C3CCC3)n(C(=O)NC3CC3)n2)c(O)c1. The van der Waals surface area contributed by atoms with Gasteiger partial charge in [0.1, 0.15) is 5.75 Å². The molecule has 1 heterocycles. The third kappa shape index (κ3) is 4.44. The molecule has 2 aliphatic rings. The number of nitrogens with one attached hydrogen (secondary N) is 2. The van der Waals surface area contributed by atoms with Crippen LogP contribution in [0, 0.1) is 5.92 Å². The smallest absolute Gasteiger partial charge is 0.342 e. The fraction of sp³-hybridized carbons (Fsp3) is 0.500. The van der Waals surface area contributed by atoms with Gasteiger partial charge in [0.2, 0.25) is 5.91 Å². The van der Waals surface area contributed by atoms with Gasteiger partial charge in [-0.3, -0.25) is 4.79 Å². The van der Waals surface area contributed by atoms with E-state index in [1.807, 2.05) is 19.9 Å². The first kappa shape index (κ1) is 19.5. The molecule has 2 saturated carbocycles. The number of amides is 2. The molecule has 0 bridgehead atoms. The number of phenols is 1. The maximum Gasteiger partial charge on any atom is 0.342 e. The number of carbonyl (C=O) groups is 2. The van der Waals surface area contributed by atoms with Gasteiger partial charge in [0.15, 0.2) is 0 Å². The van der Waals surface area contributed by atoms with Crippen molar-refractivity contribution in [2.75, 3.05) is 5.32 Å². The second-order valence-electron chi connectivity index (χ2n) is 8.60. The molecule has 2 fully saturated rings. The fourth-order valence-electron chi connectivity index (χ4n) is 3.56. The zero-order valence-electron chi connectivity index (χ0n) is 16.9. The predicted molar refractivity (Wildman–Crippen MR) is 111 cm³/mol. The molecule has 2 aromatic rings. The van der Waals surface area contributed by atoms with E-state index in [1.165, 1.54) is 10.7 Å². The average molecular weight is 396 g/mol. The molecule has 3 N–H and O–H groups in total. The average Bonchev–Trinajstić information content (AvgIpc) is 3.30. The van der Waals surface area contributed by atoms with Crippen molar-refractivity contribution < 1.29 is 14.7 Å². The molecule has 7 heteroatoms. The lowest BCUT2D eigenvalue weighted by Crippen LogP contribution is -2.33. The molecule has 0 aliphatic heterocycles. The molecule has 2 amide bonds. The molecule has 4 rings (SSSR count). The van der Waals surface area contributed by atoms with Crippen LogP contribution in [0.5, 0.6) is 5.75 Å². The molecule has 0 unspecified atom stereocenters. The monoisotopic (exact) mass is 396 g/mol. The second kappa shape index (κ2) is 7.89. The van der Waals surface area contributed by atoms with Gasteiger partial charge in [0.25, 0.3) is 0 Å². The largest absolute Gasteiger partial charge is 0.507 e. The Morgan fingerprint density at radius 3 is 2.55 bits per heavy atom. The Morgan fingerprint density at radius 1 is 1.21 bits per heavy atom. The van der Waals surface area contributed by atoms with Gasteiger partial charge >= 0.3 is 6.03 Å². The summed E-state index contributed by atoms with van der Waals surface area (Å²) in [6.45, 7) is 3.96. The number of rotatable bonds is 6. The summed E-state index contributed by atoms with van der Waals surface area (Å²) in [6, 6.07) is 6.97. The van der Waals surface area contributed by atoms with Crippen LogP contribution in [0.15, 0.2) is 24.3 Å². The van der Waals surface area contributed by atoms with Crippen LogP contribution in [-0.4, -0.2) is 32.9 Å². The van der Waals surface area contributed by atoms with Crippen molar-refractivity contribution in [3.05, 3.63) is 30.0 Å². The third-order valence-electron chi connectivity index (χ3n) is 5.51. The highest BCUT2D eigenvalue weighted by Gasteiger charge is 2.30. The highest BCUT2D eigenvalue weighted by molar-refractivity contribution is 5.91. The van der Waals surface area contributed by atoms with Gasteiger partial charge in [-0.2, -0.15) is 9.78 Å². The summed E-state index contributed by atoms with van der Waals surface area (Å²) in [5.41, 5.74) is 2.56. The highest BCUT2D eigenvalue weighted by Crippen LogP contribution is 2.39. The van der Waals surface area contributed by atoms with Crippen LogP contribution in [0.1, 0.15) is 64.0 Å². The number of aromatic hydroxyl groups is 1. The molecule has 0 atom stereocenters. The van der Waals surface area contributed by atoms with Crippen LogP contribution in [0.2, 0.25) is 0 Å². The lowest BCUT2D eigenvalue weighted by Gasteiger charge is -2.25. The third-order valence-corrected chi connectivity index (χ3v) is 5.51. The Bertz CT molecular complexity index is 926. The van der Waals surface area contributed by atoms with Gasteiger partial charge in [0, 0.05) is 35.7 Å². The molecular formula is C22H28N4O3. The van der Waals surface area contributed by atoms with Crippen molar-refractivity contribution in [3.8, 4) is 17.0 Å². The van der Waals surface area contributed by atoms with E-state index < -0.39 is 0 Å². The number of hydrogen-bond acceptors (Lipinski definition) is 4. The first-order valence-corrected chi connectivity index (χ1v) is 10.4. The number of hydrogen-bond donors (Lipinski definition) is 3. The maximum atomic E-state index is 12.6. The number of aromatic nitrogens is 2. The molecule has 0 spiro atoms. The quantitative estimate of drug-likeness (QED) is 0.681. The van der Waals surface area contributed by atoms with Crippen LogP contribution < -0.4 is 10.6 Å². The number of phenolic OH excluding ortho intramolecular Hbond substituents is 1. The molecule has 0 saturated heterocycles. The minimum Gasteiger partial charge on any atom is -0.507 e. The fourth-order valence-corrected chi connectivity index (χ4v) is 3.56. The highest BCUT2D eigenvalue weighted by atomic mass is 16.3. The number of anilines is 1. The lowest BCUT2D eigenvalue weighted by atomic mass is 9.82. The Hall–Kier alpha value is -2.83. The predicted octanol–water partition coefficient (Wildman–Crippen LogP) is 4.23. The van der Waals surface area contributed by atoms with E-state index in [1.54, 1.807) is 12.1 Å². The Labute approximate surface area is 170 Å². The van der Waals surface area contributed by atoms with Gasteiger partial charge in [-0.1, -0.05) is 20.3 Å². The Kier molecular flexibility index (Phi) is 5.30. The summed E-state index contributed by atoms with van der Waals surface area (Å²) in [4.78, 5) is 24.6. The maximum absolute atomic E-state index is 12.6. The van der Waals surface area contributed by atoms with Crippen LogP contribution in [0.4, 0.5) is 10.5 Å². The van der Waals surface area contributed by atoms with E-state index in [0.717, 1.165) is 37.8 Å². The topological polar surface area (TPSA) is 96.3 Å². The van der Waals surface area contributed by atoms with Crippen LogP contribution >= 0.6 is 0 Å². The zero-order valence-corrected chi connectivity index (χ0v) is 16.9. The molecule has 0 radical (unpaired) electrons. The van der Waals surface area contributed by atoms with Crippen molar-refractivity contribution in [3.63, 3.8) is 0 Å². The van der Waals surface area contributed by atoms with Crippen LogP contribution in [-0.2, 0) is 4.79 Å². The van der Waals surface area contributed by atoms with Gasteiger partial charge in [-0.05, 0) is 49.8 Å². The summed E-state index contributed by atoms with van der Waals surface area (Å²) in [7, 11) is 0. The van der Waals surface area contributed by atoms with Crippen molar-refractivity contribution in [2.24, 2.45) is 5.92 Å². The molecule has 2 aliphatic carbocycles. The van der Waals surface area contributed by atoms with Crippen LogP contribution in [0.3, 0.4) is 0 Å². The number of nitrogens with zero attached hydrogens (tertiary/aromatic N) is 2. The van der Waals surface area contributed by atoms with Crippen molar-refractivity contribution in [1.29, 1.82) is 0 Å². The molecule has 1 aromatic carbocycles. The van der Waals surface area contributed by atoms with Gasteiger partial charge in [-0.15, -0.1) is 0 Å². The van der Waals surface area contributed by atoms with E-state index >= 15 is 0 Å². The summed E-state index contributed by atoms with van der Waals surface area (Å²) in [6.07, 6.45) is 5.72. The van der Waals surface area contributed by atoms with Crippen LogP contribution in [0.25, 0.3) is 11.3 Å². The first-order valence-electron chi connectivity index (χ1n) is 10.4. The summed E-state index contributed by atoms with van der Waals surface area (Å²) >= 11 is 0. The Balaban J connectivity index is 1.57. The zero-order chi connectivity index (χ0) is 20.5. The van der Waals surface area contributed by atoms with Gasteiger partial charge < -0.3 is 15.7 Å². The van der Waals surface area contributed by atoms with Crippen molar-refractivity contribution in [1.82, 2.24) is 15.1 Å². The van der Waals surface area contributed by atoms with Gasteiger partial charge in [-0.25, -0.2) is 4.79 Å². The molecule has 7 nitrogen and oxygen atoms in total. The number of benzene rings is 1. The van der Waals surface area contributed by atoms with E-state index in [-0.39, 0.29) is 29.6 Å². The molecule has 1 aromatic heterocycles. The normalized spacial score (nSPS) is 16.5. The standard InChI is InChI=1S/C22H28N4O3/c1-13(2)10-21(28)23-16-8-9-17(20(27)11-16)18-12-19(14-4-3-5-14)26(25-18)22(29)24-15-6-7-15/h8-9,11-15,27H,3-7,10H2,1-2H3,(H,23,28)(H,24,29). The van der Waals surface area contributed by atoms with E-state index in [9.17, 15) is 14.7 Å². The number of carbonyl (C=O) groups excluding carboxylic acids is 2.